The lowest BCUT2D eigenvalue weighted by molar-refractivity contribution is -0.145. The molecule has 0 aliphatic carbocycles. The Labute approximate surface area is 112 Å². The van der Waals surface area contributed by atoms with Gasteiger partial charge in [0, 0.05) is 6.04 Å². The first kappa shape index (κ1) is 15.5. The van der Waals surface area contributed by atoms with E-state index in [2.05, 4.69) is 18.7 Å². The highest BCUT2D eigenvalue weighted by molar-refractivity contribution is 5.70. The second-order valence-electron chi connectivity index (χ2n) is 5.41. The van der Waals surface area contributed by atoms with Crippen LogP contribution in [-0.2, 0) is 9.53 Å². The van der Waals surface area contributed by atoms with Crippen molar-refractivity contribution >= 4 is 5.97 Å². The summed E-state index contributed by atoms with van der Waals surface area (Å²) in [6.07, 6.45) is 6.90. The normalized spacial score (nSPS) is 21.1. The van der Waals surface area contributed by atoms with Crippen molar-refractivity contribution in [1.29, 1.82) is 0 Å². The van der Waals surface area contributed by atoms with Gasteiger partial charge in [0.05, 0.1) is 13.0 Å². The molecule has 0 radical (unpaired) electrons. The van der Waals surface area contributed by atoms with Gasteiger partial charge >= 0.3 is 5.97 Å². The van der Waals surface area contributed by atoms with Gasteiger partial charge < -0.3 is 4.74 Å². The van der Waals surface area contributed by atoms with Crippen LogP contribution in [0.5, 0.6) is 0 Å². The second-order valence-corrected chi connectivity index (χ2v) is 5.41. The van der Waals surface area contributed by atoms with Crippen LogP contribution in [0.4, 0.5) is 0 Å². The molecule has 1 heterocycles. The Hall–Kier alpha value is -0.570. The maximum atomic E-state index is 11.8. The van der Waals surface area contributed by atoms with E-state index < -0.39 is 0 Å². The van der Waals surface area contributed by atoms with E-state index >= 15 is 0 Å². The van der Waals surface area contributed by atoms with Crippen LogP contribution in [0, 0.1) is 5.92 Å². The number of hydrogen-bond donors (Lipinski definition) is 0. The fraction of sp³-hybridized carbons (Fsp3) is 0.933. The van der Waals surface area contributed by atoms with Crippen molar-refractivity contribution in [2.75, 3.05) is 19.7 Å². The van der Waals surface area contributed by atoms with Crippen LogP contribution in [0.15, 0.2) is 0 Å². The van der Waals surface area contributed by atoms with Crippen molar-refractivity contribution in [3.8, 4) is 0 Å². The number of hydrogen-bond acceptors (Lipinski definition) is 3. The van der Waals surface area contributed by atoms with Crippen LogP contribution in [0.2, 0.25) is 0 Å². The van der Waals surface area contributed by atoms with Crippen LogP contribution in [-0.4, -0.2) is 36.6 Å². The van der Waals surface area contributed by atoms with Gasteiger partial charge in [0.2, 0.25) is 0 Å². The molecule has 3 nitrogen and oxygen atoms in total. The van der Waals surface area contributed by atoms with E-state index in [4.69, 9.17) is 4.74 Å². The molecule has 3 heteroatoms. The molecule has 2 unspecified atom stereocenters. The number of carbonyl (C=O) groups is 1. The van der Waals surface area contributed by atoms with Gasteiger partial charge in [-0.2, -0.15) is 0 Å². The van der Waals surface area contributed by atoms with Crippen LogP contribution < -0.4 is 0 Å². The van der Waals surface area contributed by atoms with E-state index in [0.29, 0.717) is 25.0 Å². The molecule has 106 valence electrons. The molecular formula is C15H29NO2. The standard InChI is InChI=1S/C15H29NO2/c1-4-13(3)14(12-15(17)18-5-2)16-10-8-6-7-9-11-16/h13-14H,4-12H2,1-3H3. The predicted octanol–water partition coefficient (Wildman–Crippen LogP) is 3.23. The molecule has 0 bridgehead atoms. The Morgan fingerprint density at radius 3 is 2.28 bits per heavy atom. The Morgan fingerprint density at radius 2 is 1.78 bits per heavy atom. The van der Waals surface area contributed by atoms with E-state index in [-0.39, 0.29) is 5.97 Å². The summed E-state index contributed by atoms with van der Waals surface area (Å²) in [4.78, 5) is 14.3. The van der Waals surface area contributed by atoms with Gasteiger partial charge in [0.1, 0.15) is 0 Å². The molecular weight excluding hydrogens is 226 g/mol. The first-order valence-electron chi connectivity index (χ1n) is 7.58. The Bertz CT molecular complexity index is 235. The SMILES string of the molecule is CCOC(=O)CC(C(C)CC)N1CCCCCC1. The van der Waals surface area contributed by atoms with Gasteiger partial charge in [-0.15, -0.1) is 0 Å². The molecule has 1 aliphatic rings. The van der Waals surface area contributed by atoms with Crippen LogP contribution in [0.25, 0.3) is 0 Å². The summed E-state index contributed by atoms with van der Waals surface area (Å²) < 4.78 is 5.12. The number of nitrogens with zero attached hydrogens (tertiary/aromatic N) is 1. The lowest BCUT2D eigenvalue weighted by atomic mass is 9.94. The lowest BCUT2D eigenvalue weighted by Crippen LogP contribution is -2.42. The first-order valence-corrected chi connectivity index (χ1v) is 7.58. The van der Waals surface area contributed by atoms with Crippen molar-refractivity contribution in [2.45, 2.75) is 65.3 Å². The molecule has 0 saturated carbocycles. The zero-order valence-corrected chi connectivity index (χ0v) is 12.3. The van der Waals surface area contributed by atoms with Crippen LogP contribution in [0.1, 0.15) is 59.3 Å². The molecule has 0 spiro atoms. The fourth-order valence-corrected chi connectivity index (χ4v) is 2.78. The highest BCUT2D eigenvalue weighted by Gasteiger charge is 2.26. The smallest absolute Gasteiger partial charge is 0.307 e. The van der Waals surface area contributed by atoms with Gasteiger partial charge in [-0.05, 0) is 38.8 Å². The number of esters is 1. The number of carbonyl (C=O) groups excluding carboxylic acids is 1. The summed E-state index contributed by atoms with van der Waals surface area (Å²) in [5, 5.41) is 0. The maximum absolute atomic E-state index is 11.8. The van der Waals surface area contributed by atoms with Crippen molar-refractivity contribution in [3.05, 3.63) is 0 Å². The van der Waals surface area contributed by atoms with E-state index in [1.165, 1.54) is 25.7 Å². The highest BCUT2D eigenvalue weighted by Crippen LogP contribution is 2.22. The third kappa shape index (κ3) is 4.97. The average Bonchev–Trinajstić information content (AvgIpc) is 2.64. The molecule has 0 aromatic heterocycles. The minimum Gasteiger partial charge on any atom is -0.466 e. The monoisotopic (exact) mass is 255 g/mol. The Balaban J connectivity index is 2.60. The fourth-order valence-electron chi connectivity index (χ4n) is 2.78. The summed E-state index contributed by atoms with van der Waals surface area (Å²) in [7, 11) is 0. The van der Waals surface area contributed by atoms with Crippen molar-refractivity contribution in [2.24, 2.45) is 5.92 Å². The maximum Gasteiger partial charge on any atom is 0.307 e. The number of likely N-dealkylation sites (tertiary alicyclic amines) is 1. The van der Waals surface area contributed by atoms with Gasteiger partial charge in [-0.1, -0.05) is 33.1 Å². The van der Waals surface area contributed by atoms with Crippen molar-refractivity contribution in [3.63, 3.8) is 0 Å². The summed E-state index contributed by atoms with van der Waals surface area (Å²) in [5.41, 5.74) is 0. The molecule has 18 heavy (non-hydrogen) atoms. The third-order valence-corrected chi connectivity index (χ3v) is 4.09. The Morgan fingerprint density at radius 1 is 1.17 bits per heavy atom. The molecule has 1 fully saturated rings. The summed E-state index contributed by atoms with van der Waals surface area (Å²) in [6.45, 7) is 9.13. The average molecular weight is 255 g/mol. The molecule has 0 aromatic carbocycles. The molecule has 0 N–H and O–H groups in total. The summed E-state index contributed by atoms with van der Waals surface area (Å²) >= 11 is 0. The zero-order valence-electron chi connectivity index (χ0n) is 12.3. The van der Waals surface area contributed by atoms with Gasteiger partial charge in [-0.3, -0.25) is 9.69 Å². The van der Waals surface area contributed by atoms with Crippen LogP contribution in [0.3, 0.4) is 0 Å². The largest absolute Gasteiger partial charge is 0.466 e. The number of ether oxygens (including phenoxy) is 1. The van der Waals surface area contributed by atoms with Gasteiger partial charge in [-0.25, -0.2) is 0 Å². The van der Waals surface area contributed by atoms with Crippen molar-refractivity contribution < 1.29 is 9.53 Å². The quantitative estimate of drug-likeness (QED) is 0.682. The molecule has 1 saturated heterocycles. The minimum atomic E-state index is -0.0351. The highest BCUT2D eigenvalue weighted by atomic mass is 16.5. The Kier molecular flexibility index (Phi) is 7.33. The van der Waals surface area contributed by atoms with Gasteiger partial charge in [0.15, 0.2) is 0 Å². The van der Waals surface area contributed by atoms with E-state index in [1.54, 1.807) is 0 Å². The van der Waals surface area contributed by atoms with Gasteiger partial charge in [0.25, 0.3) is 0 Å². The molecule has 1 rings (SSSR count). The topological polar surface area (TPSA) is 29.5 Å². The van der Waals surface area contributed by atoms with Crippen molar-refractivity contribution in [1.82, 2.24) is 4.90 Å². The molecule has 0 amide bonds. The molecule has 2 atom stereocenters. The predicted molar refractivity (Wildman–Crippen MR) is 74.5 cm³/mol. The minimum absolute atomic E-state index is 0.0351. The molecule has 1 aliphatic heterocycles. The third-order valence-electron chi connectivity index (χ3n) is 4.09. The second kappa shape index (κ2) is 8.52. The van der Waals surface area contributed by atoms with Crippen LogP contribution >= 0.6 is 0 Å². The summed E-state index contributed by atoms with van der Waals surface area (Å²) in [5.74, 6) is 0.527. The first-order chi connectivity index (χ1) is 8.69. The zero-order chi connectivity index (χ0) is 13.4. The summed E-state index contributed by atoms with van der Waals surface area (Å²) in [6, 6.07) is 0.368. The van der Waals surface area contributed by atoms with E-state index in [0.717, 1.165) is 19.5 Å². The molecule has 0 aromatic rings. The lowest BCUT2D eigenvalue weighted by Gasteiger charge is -2.34. The number of rotatable bonds is 6. The van der Waals surface area contributed by atoms with E-state index in [1.807, 2.05) is 6.92 Å². The van der Waals surface area contributed by atoms with E-state index in [9.17, 15) is 4.79 Å².